The number of thioether (sulfide) groups is 2. The van der Waals surface area contributed by atoms with E-state index in [2.05, 4.69) is 24.1 Å². The molecule has 0 spiro atoms. The van der Waals surface area contributed by atoms with Crippen molar-refractivity contribution in [2.75, 3.05) is 11.5 Å². The summed E-state index contributed by atoms with van der Waals surface area (Å²) in [5.74, 6) is 2.08. The zero-order valence-electron chi connectivity index (χ0n) is 13.9. The summed E-state index contributed by atoms with van der Waals surface area (Å²) in [6.07, 6.45) is 2.07. The highest BCUT2D eigenvalue weighted by Gasteiger charge is 2.10. The van der Waals surface area contributed by atoms with Crippen molar-refractivity contribution in [1.29, 1.82) is 0 Å². The number of rotatable bonds is 8. The molecule has 0 aromatic heterocycles. The first-order valence-electron chi connectivity index (χ1n) is 7.98. The highest BCUT2D eigenvalue weighted by Crippen LogP contribution is 2.41. The SMILES string of the molecule is CCCSc1cccc(O)c1N=Nc1c(O)cccc1SCCC. The van der Waals surface area contributed by atoms with E-state index in [9.17, 15) is 10.2 Å². The van der Waals surface area contributed by atoms with Crippen molar-refractivity contribution in [3.8, 4) is 11.5 Å². The number of benzene rings is 2. The van der Waals surface area contributed by atoms with Crippen molar-refractivity contribution in [2.24, 2.45) is 10.2 Å². The molecule has 0 aliphatic rings. The van der Waals surface area contributed by atoms with Gasteiger partial charge >= 0.3 is 0 Å². The first kappa shape index (κ1) is 18.7. The molecule has 0 radical (unpaired) electrons. The molecular weight excluding hydrogens is 340 g/mol. The van der Waals surface area contributed by atoms with Gasteiger partial charge in [0.25, 0.3) is 0 Å². The molecule has 2 aromatic carbocycles. The fourth-order valence-electron chi connectivity index (χ4n) is 1.98. The van der Waals surface area contributed by atoms with E-state index in [-0.39, 0.29) is 11.5 Å². The second-order valence-electron chi connectivity index (χ2n) is 5.14. The van der Waals surface area contributed by atoms with Crippen molar-refractivity contribution in [3.63, 3.8) is 0 Å². The van der Waals surface area contributed by atoms with Crippen LogP contribution in [0, 0.1) is 0 Å². The molecule has 0 aliphatic heterocycles. The van der Waals surface area contributed by atoms with Crippen LogP contribution in [0.3, 0.4) is 0 Å². The van der Waals surface area contributed by atoms with E-state index >= 15 is 0 Å². The van der Waals surface area contributed by atoms with Crippen LogP contribution in [0.15, 0.2) is 56.4 Å². The largest absolute Gasteiger partial charge is 0.506 e. The van der Waals surface area contributed by atoms with E-state index in [0.717, 1.165) is 34.1 Å². The zero-order chi connectivity index (χ0) is 17.4. The highest BCUT2D eigenvalue weighted by atomic mass is 32.2. The van der Waals surface area contributed by atoms with Crippen LogP contribution >= 0.6 is 23.5 Å². The maximum Gasteiger partial charge on any atom is 0.144 e. The molecule has 0 saturated heterocycles. The average molecular weight is 363 g/mol. The minimum atomic E-state index is 0.0954. The molecule has 0 heterocycles. The van der Waals surface area contributed by atoms with Crippen molar-refractivity contribution in [2.45, 2.75) is 36.5 Å². The Morgan fingerprint density at radius 3 is 1.54 bits per heavy atom. The lowest BCUT2D eigenvalue weighted by atomic mass is 10.3. The molecular formula is C18H22N2O2S2. The van der Waals surface area contributed by atoms with Crippen LogP contribution in [0.1, 0.15) is 26.7 Å². The van der Waals surface area contributed by atoms with E-state index < -0.39 is 0 Å². The predicted molar refractivity (Wildman–Crippen MR) is 102 cm³/mol. The first-order valence-corrected chi connectivity index (χ1v) is 9.95. The van der Waals surface area contributed by atoms with Gasteiger partial charge in [-0.25, -0.2) is 0 Å². The van der Waals surface area contributed by atoms with Crippen LogP contribution in [0.2, 0.25) is 0 Å². The first-order chi connectivity index (χ1) is 11.7. The summed E-state index contributed by atoms with van der Waals surface area (Å²) < 4.78 is 0. The molecule has 0 aliphatic carbocycles. The summed E-state index contributed by atoms with van der Waals surface area (Å²) in [5, 5.41) is 28.7. The smallest absolute Gasteiger partial charge is 0.144 e. The molecule has 6 heteroatoms. The summed E-state index contributed by atoms with van der Waals surface area (Å²) in [7, 11) is 0. The van der Waals surface area contributed by atoms with E-state index in [1.165, 1.54) is 0 Å². The van der Waals surface area contributed by atoms with Gasteiger partial charge in [0, 0.05) is 9.79 Å². The molecule has 2 N–H and O–H groups in total. The number of phenols is 2. The van der Waals surface area contributed by atoms with Gasteiger partial charge in [0.15, 0.2) is 0 Å². The van der Waals surface area contributed by atoms with E-state index in [1.807, 2.05) is 12.1 Å². The van der Waals surface area contributed by atoms with E-state index in [4.69, 9.17) is 0 Å². The summed E-state index contributed by atoms with van der Waals surface area (Å²) >= 11 is 3.27. The zero-order valence-corrected chi connectivity index (χ0v) is 15.5. The lowest BCUT2D eigenvalue weighted by Gasteiger charge is -2.08. The number of azo groups is 1. The Kier molecular flexibility index (Phi) is 7.46. The summed E-state index contributed by atoms with van der Waals surface area (Å²) in [5.41, 5.74) is 0.899. The van der Waals surface area contributed by atoms with Gasteiger partial charge in [0.1, 0.15) is 22.9 Å². The molecule has 128 valence electrons. The molecule has 0 atom stereocenters. The number of phenolic OH excluding ortho intramolecular Hbond substituents is 2. The molecule has 24 heavy (non-hydrogen) atoms. The van der Waals surface area contributed by atoms with Crippen molar-refractivity contribution in [1.82, 2.24) is 0 Å². The van der Waals surface area contributed by atoms with Crippen LogP contribution in [-0.4, -0.2) is 21.7 Å². The predicted octanol–water partition coefficient (Wildman–Crippen LogP) is 6.52. The maximum absolute atomic E-state index is 10.1. The highest BCUT2D eigenvalue weighted by molar-refractivity contribution is 7.99. The molecule has 0 bridgehead atoms. The average Bonchev–Trinajstić information content (AvgIpc) is 2.58. The topological polar surface area (TPSA) is 65.2 Å². The maximum atomic E-state index is 10.1. The Hall–Kier alpha value is -1.66. The Morgan fingerprint density at radius 2 is 1.17 bits per heavy atom. The second kappa shape index (κ2) is 9.59. The number of aromatic hydroxyl groups is 2. The molecule has 4 nitrogen and oxygen atoms in total. The number of nitrogens with zero attached hydrogens (tertiary/aromatic N) is 2. The third-order valence-corrected chi connectivity index (χ3v) is 5.63. The van der Waals surface area contributed by atoms with Gasteiger partial charge in [0.2, 0.25) is 0 Å². The van der Waals surface area contributed by atoms with Gasteiger partial charge in [-0.3, -0.25) is 0 Å². The molecule has 0 unspecified atom stereocenters. The Morgan fingerprint density at radius 1 is 0.750 bits per heavy atom. The molecule has 0 saturated carbocycles. The molecule has 0 fully saturated rings. The minimum absolute atomic E-state index is 0.0954. The molecule has 2 rings (SSSR count). The number of hydrogen-bond donors (Lipinski definition) is 2. The van der Waals surface area contributed by atoms with Crippen molar-refractivity contribution >= 4 is 34.9 Å². The normalized spacial score (nSPS) is 11.2. The van der Waals surface area contributed by atoms with Gasteiger partial charge in [-0.1, -0.05) is 26.0 Å². The second-order valence-corrected chi connectivity index (χ2v) is 7.42. The van der Waals surface area contributed by atoms with E-state index in [1.54, 1.807) is 47.8 Å². The fourth-order valence-corrected chi connectivity index (χ4v) is 3.74. The Bertz CT molecular complexity index is 646. The third kappa shape index (κ3) is 4.92. The minimum Gasteiger partial charge on any atom is -0.506 e. The Balaban J connectivity index is 2.34. The molecule has 2 aromatic rings. The van der Waals surface area contributed by atoms with Crippen LogP contribution < -0.4 is 0 Å². The van der Waals surface area contributed by atoms with Crippen LogP contribution in [0.25, 0.3) is 0 Å². The van der Waals surface area contributed by atoms with Gasteiger partial charge in [-0.05, 0) is 48.6 Å². The van der Waals surface area contributed by atoms with Crippen molar-refractivity contribution < 1.29 is 10.2 Å². The van der Waals surface area contributed by atoms with Crippen LogP contribution in [0.4, 0.5) is 11.4 Å². The van der Waals surface area contributed by atoms with Crippen LogP contribution in [-0.2, 0) is 0 Å². The molecule has 0 amide bonds. The van der Waals surface area contributed by atoms with Crippen molar-refractivity contribution in [3.05, 3.63) is 36.4 Å². The van der Waals surface area contributed by atoms with Gasteiger partial charge in [-0.2, -0.15) is 0 Å². The van der Waals surface area contributed by atoms with Gasteiger partial charge in [0.05, 0.1) is 0 Å². The summed E-state index contributed by atoms with van der Waals surface area (Å²) in [6.45, 7) is 4.21. The Labute approximate surface area is 151 Å². The lowest BCUT2D eigenvalue weighted by molar-refractivity contribution is 0.472. The van der Waals surface area contributed by atoms with Crippen LogP contribution in [0.5, 0.6) is 11.5 Å². The fraction of sp³-hybridized carbons (Fsp3) is 0.333. The lowest BCUT2D eigenvalue weighted by Crippen LogP contribution is -1.80. The monoisotopic (exact) mass is 362 g/mol. The van der Waals surface area contributed by atoms with E-state index in [0.29, 0.717) is 11.4 Å². The quantitative estimate of drug-likeness (QED) is 0.414. The third-order valence-electron chi connectivity index (χ3n) is 3.13. The summed E-state index contributed by atoms with van der Waals surface area (Å²) in [6, 6.07) is 10.6. The number of hydrogen-bond acceptors (Lipinski definition) is 6. The standard InChI is InChI=1S/C18H22N2O2S2/c1-3-11-23-15-9-5-7-13(21)17(15)19-20-18-14(22)8-6-10-16(18)24-12-4-2/h5-10,21-22H,3-4,11-12H2,1-2H3. The summed E-state index contributed by atoms with van der Waals surface area (Å²) in [4.78, 5) is 1.78. The van der Waals surface area contributed by atoms with Gasteiger partial charge < -0.3 is 10.2 Å². The van der Waals surface area contributed by atoms with Gasteiger partial charge in [-0.15, -0.1) is 33.8 Å².